The van der Waals surface area contributed by atoms with Crippen molar-refractivity contribution in [3.63, 3.8) is 0 Å². The minimum absolute atomic E-state index is 0.855. The van der Waals surface area contributed by atoms with E-state index >= 15 is 0 Å². The van der Waals surface area contributed by atoms with Crippen LogP contribution in [0.4, 0.5) is 5.69 Å². The Hall–Kier alpha value is -1.97. The zero-order chi connectivity index (χ0) is 12.1. The fourth-order valence-electron chi connectivity index (χ4n) is 1.74. The van der Waals surface area contributed by atoms with Gasteiger partial charge in [-0.15, -0.1) is 0 Å². The second kappa shape index (κ2) is 5.39. The van der Waals surface area contributed by atoms with E-state index in [1.165, 1.54) is 0 Å². The van der Waals surface area contributed by atoms with Crippen molar-refractivity contribution in [2.75, 3.05) is 19.0 Å². The molecule has 4 nitrogen and oxygen atoms in total. The first-order chi connectivity index (χ1) is 8.29. The zero-order valence-corrected chi connectivity index (χ0v) is 10.2. The van der Waals surface area contributed by atoms with Crippen LogP contribution in [0.2, 0.25) is 0 Å². The molecule has 4 heteroatoms. The van der Waals surface area contributed by atoms with E-state index in [0.29, 0.717) is 0 Å². The van der Waals surface area contributed by atoms with Crippen LogP contribution < -0.4 is 10.1 Å². The Morgan fingerprint density at radius 2 is 2.29 bits per heavy atom. The summed E-state index contributed by atoms with van der Waals surface area (Å²) in [6.07, 6.45) is 3.75. The highest BCUT2D eigenvalue weighted by Crippen LogP contribution is 2.21. The summed E-state index contributed by atoms with van der Waals surface area (Å²) in [6, 6.07) is 8.01. The maximum absolute atomic E-state index is 5.22. The average molecular weight is 231 g/mol. The number of aryl methyl sites for hydroxylation is 1. The van der Waals surface area contributed by atoms with Crippen LogP contribution in [-0.2, 0) is 6.54 Å². The normalized spacial score (nSPS) is 10.2. The first-order valence-electron chi connectivity index (χ1n) is 5.65. The van der Waals surface area contributed by atoms with E-state index in [-0.39, 0.29) is 0 Å². The highest BCUT2D eigenvalue weighted by molar-refractivity contribution is 5.50. The average Bonchev–Trinajstić information content (AvgIpc) is 2.82. The molecule has 90 valence electrons. The molecule has 0 saturated heterocycles. The molecule has 0 aliphatic carbocycles. The van der Waals surface area contributed by atoms with E-state index in [1.54, 1.807) is 13.3 Å². The molecule has 0 bridgehead atoms. The van der Waals surface area contributed by atoms with E-state index in [4.69, 9.17) is 4.74 Å². The van der Waals surface area contributed by atoms with Gasteiger partial charge < -0.3 is 10.1 Å². The largest absolute Gasteiger partial charge is 0.496 e. The van der Waals surface area contributed by atoms with Gasteiger partial charge in [0.25, 0.3) is 0 Å². The second-order valence-corrected chi connectivity index (χ2v) is 3.88. The van der Waals surface area contributed by atoms with Gasteiger partial charge in [0.2, 0.25) is 0 Å². The predicted molar refractivity (Wildman–Crippen MR) is 68.4 cm³/mol. The van der Waals surface area contributed by atoms with Crippen LogP contribution in [0.5, 0.6) is 5.75 Å². The molecule has 0 atom stereocenters. The Morgan fingerprint density at radius 3 is 2.94 bits per heavy atom. The van der Waals surface area contributed by atoms with E-state index in [9.17, 15) is 0 Å². The second-order valence-electron chi connectivity index (χ2n) is 3.88. The number of nitrogens with one attached hydrogen (secondary N) is 1. The minimum Gasteiger partial charge on any atom is -0.496 e. The summed E-state index contributed by atoms with van der Waals surface area (Å²) in [5, 5.41) is 7.51. The summed E-state index contributed by atoms with van der Waals surface area (Å²) >= 11 is 0. The van der Waals surface area contributed by atoms with Crippen molar-refractivity contribution >= 4 is 5.69 Å². The Kier molecular flexibility index (Phi) is 3.65. The maximum Gasteiger partial charge on any atom is 0.121 e. The van der Waals surface area contributed by atoms with Crippen molar-refractivity contribution in [2.24, 2.45) is 0 Å². The van der Waals surface area contributed by atoms with Gasteiger partial charge in [0.05, 0.1) is 13.7 Å². The summed E-state index contributed by atoms with van der Waals surface area (Å²) in [6.45, 7) is 3.75. The molecular formula is C13H17N3O. The number of aromatic nitrogens is 2. The molecule has 0 fully saturated rings. The van der Waals surface area contributed by atoms with Crippen LogP contribution in [0.3, 0.4) is 0 Å². The van der Waals surface area contributed by atoms with Crippen LogP contribution in [0, 0.1) is 6.92 Å². The number of benzene rings is 1. The third-order valence-electron chi connectivity index (χ3n) is 2.62. The fourth-order valence-corrected chi connectivity index (χ4v) is 1.74. The lowest BCUT2D eigenvalue weighted by molar-refractivity contribution is 0.412. The molecule has 0 radical (unpaired) electrons. The number of anilines is 1. The van der Waals surface area contributed by atoms with E-state index in [1.807, 2.05) is 36.0 Å². The summed E-state index contributed by atoms with van der Waals surface area (Å²) in [4.78, 5) is 0. The Bertz CT molecular complexity index is 466. The van der Waals surface area contributed by atoms with E-state index in [0.717, 1.165) is 30.1 Å². The lowest BCUT2D eigenvalue weighted by Gasteiger charge is -2.09. The first kappa shape index (κ1) is 11.5. The van der Waals surface area contributed by atoms with Gasteiger partial charge in [0.15, 0.2) is 0 Å². The van der Waals surface area contributed by atoms with Gasteiger partial charge in [-0.25, -0.2) is 0 Å². The minimum atomic E-state index is 0.855. The Labute approximate surface area is 101 Å². The number of rotatable bonds is 5. The van der Waals surface area contributed by atoms with E-state index in [2.05, 4.69) is 16.5 Å². The first-order valence-corrected chi connectivity index (χ1v) is 5.65. The molecule has 0 aliphatic rings. The van der Waals surface area contributed by atoms with Crippen molar-refractivity contribution in [1.82, 2.24) is 9.78 Å². The standard InChI is InChI=1S/C13H17N3O/c1-11-10-12(4-5-13(11)17-2)14-7-9-16-8-3-6-15-16/h3-6,8,10,14H,7,9H2,1-2H3. The lowest BCUT2D eigenvalue weighted by atomic mass is 10.2. The van der Waals surface area contributed by atoms with Gasteiger partial charge in [0, 0.05) is 24.6 Å². The monoisotopic (exact) mass is 231 g/mol. The van der Waals surface area contributed by atoms with Gasteiger partial charge in [0.1, 0.15) is 5.75 Å². The fraction of sp³-hybridized carbons (Fsp3) is 0.308. The molecule has 0 amide bonds. The molecule has 2 aromatic rings. The summed E-state index contributed by atoms with van der Waals surface area (Å²) in [5.74, 6) is 0.919. The van der Waals surface area contributed by atoms with Gasteiger partial charge in [-0.2, -0.15) is 5.10 Å². The van der Waals surface area contributed by atoms with Crippen LogP contribution in [0.25, 0.3) is 0 Å². The van der Waals surface area contributed by atoms with E-state index < -0.39 is 0 Å². The van der Waals surface area contributed by atoms with Gasteiger partial charge >= 0.3 is 0 Å². The number of methoxy groups -OCH3 is 1. The Balaban J connectivity index is 1.89. The molecule has 17 heavy (non-hydrogen) atoms. The van der Waals surface area contributed by atoms with Crippen molar-refractivity contribution in [3.05, 3.63) is 42.2 Å². The van der Waals surface area contributed by atoms with Crippen molar-refractivity contribution in [2.45, 2.75) is 13.5 Å². The highest BCUT2D eigenvalue weighted by Gasteiger charge is 1.99. The molecular weight excluding hydrogens is 214 g/mol. The molecule has 1 N–H and O–H groups in total. The van der Waals surface area contributed by atoms with Gasteiger partial charge in [-0.3, -0.25) is 4.68 Å². The smallest absolute Gasteiger partial charge is 0.121 e. The molecule has 0 spiro atoms. The third-order valence-corrected chi connectivity index (χ3v) is 2.62. The molecule has 1 aromatic carbocycles. The maximum atomic E-state index is 5.22. The van der Waals surface area contributed by atoms with Crippen molar-refractivity contribution < 1.29 is 4.74 Å². The quantitative estimate of drug-likeness (QED) is 0.858. The number of nitrogens with zero attached hydrogens (tertiary/aromatic N) is 2. The zero-order valence-electron chi connectivity index (χ0n) is 10.2. The van der Waals surface area contributed by atoms with Crippen molar-refractivity contribution in [1.29, 1.82) is 0 Å². The molecule has 1 heterocycles. The molecule has 2 rings (SSSR count). The third kappa shape index (κ3) is 3.00. The van der Waals surface area contributed by atoms with Crippen LogP contribution >= 0.6 is 0 Å². The van der Waals surface area contributed by atoms with Crippen LogP contribution in [0.15, 0.2) is 36.7 Å². The molecule has 1 aromatic heterocycles. The van der Waals surface area contributed by atoms with Crippen LogP contribution in [-0.4, -0.2) is 23.4 Å². The predicted octanol–water partition coefficient (Wildman–Crippen LogP) is 2.31. The Morgan fingerprint density at radius 1 is 1.41 bits per heavy atom. The van der Waals surface area contributed by atoms with Gasteiger partial charge in [-0.1, -0.05) is 0 Å². The lowest BCUT2D eigenvalue weighted by Crippen LogP contribution is -2.10. The molecule has 0 aliphatic heterocycles. The van der Waals surface area contributed by atoms with Crippen molar-refractivity contribution in [3.8, 4) is 5.75 Å². The summed E-state index contributed by atoms with van der Waals surface area (Å²) in [7, 11) is 1.69. The molecule has 0 unspecified atom stereocenters. The number of hydrogen-bond acceptors (Lipinski definition) is 3. The topological polar surface area (TPSA) is 39.1 Å². The summed E-state index contributed by atoms with van der Waals surface area (Å²) < 4.78 is 7.13. The van der Waals surface area contributed by atoms with Gasteiger partial charge in [-0.05, 0) is 36.8 Å². The summed E-state index contributed by atoms with van der Waals surface area (Å²) in [5.41, 5.74) is 2.24. The highest BCUT2D eigenvalue weighted by atomic mass is 16.5. The van der Waals surface area contributed by atoms with Crippen LogP contribution in [0.1, 0.15) is 5.56 Å². The number of ether oxygens (including phenoxy) is 1. The number of hydrogen-bond donors (Lipinski definition) is 1. The SMILES string of the molecule is COc1ccc(NCCn2cccn2)cc1C. The molecule has 0 saturated carbocycles.